The number of ether oxygens (including phenoxy) is 1. The molecule has 0 radical (unpaired) electrons. The third-order valence-corrected chi connectivity index (χ3v) is 11.3. The Kier molecular flexibility index (Phi) is 15.9. The Hall–Kier alpha value is -6.09. The van der Waals surface area contributed by atoms with E-state index < -0.39 is 17.3 Å². The predicted molar refractivity (Wildman–Crippen MR) is 238 cm³/mol. The molecule has 0 aliphatic carbocycles. The number of benzene rings is 4. The lowest BCUT2D eigenvalue weighted by atomic mass is 9.83. The highest BCUT2D eigenvalue weighted by Crippen LogP contribution is 2.38. The molecule has 63 heavy (non-hydrogen) atoms. The van der Waals surface area contributed by atoms with Crippen LogP contribution in [0.15, 0.2) is 84.9 Å². The topological polar surface area (TPSA) is 152 Å². The largest absolute Gasteiger partial charge is 0.496 e. The number of carbonyl (C=O) groups is 4. The molecular formula is C48H59F3N6O6. The monoisotopic (exact) mass is 872 g/mol. The summed E-state index contributed by atoms with van der Waals surface area (Å²) in [5.74, 6) is 1.03. The van der Waals surface area contributed by atoms with Gasteiger partial charge in [-0.15, -0.1) is 0 Å². The molecule has 6 rings (SSSR count). The number of aliphatic hydroxyl groups is 1. The molecule has 15 heteroatoms. The molecule has 5 N–H and O–H groups in total. The lowest BCUT2D eigenvalue weighted by Crippen LogP contribution is -2.45. The van der Waals surface area contributed by atoms with Crippen LogP contribution in [0.5, 0.6) is 5.75 Å². The summed E-state index contributed by atoms with van der Waals surface area (Å²) in [4.78, 5) is 53.6. The first-order chi connectivity index (χ1) is 29.8. The van der Waals surface area contributed by atoms with E-state index in [0.29, 0.717) is 41.5 Å². The third-order valence-electron chi connectivity index (χ3n) is 11.3. The van der Waals surface area contributed by atoms with E-state index >= 15 is 0 Å². The first kappa shape index (κ1) is 48.0. The summed E-state index contributed by atoms with van der Waals surface area (Å²) in [5, 5.41) is 22.1. The Balaban J connectivity index is 0.000000239. The molecule has 338 valence electrons. The maximum atomic E-state index is 13.1. The number of para-hydroxylation sites is 1. The zero-order valence-electron chi connectivity index (χ0n) is 37.0. The number of aryl methyl sites for hydroxylation is 2. The van der Waals surface area contributed by atoms with Gasteiger partial charge in [-0.2, -0.15) is 13.2 Å². The number of methoxy groups -OCH3 is 1. The van der Waals surface area contributed by atoms with Crippen molar-refractivity contribution in [3.63, 3.8) is 0 Å². The second-order valence-electron chi connectivity index (χ2n) is 16.8. The maximum Gasteiger partial charge on any atom is 0.416 e. The van der Waals surface area contributed by atoms with Gasteiger partial charge in [0.25, 0.3) is 11.8 Å². The van der Waals surface area contributed by atoms with Crippen LogP contribution in [0.1, 0.15) is 108 Å². The van der Waals surface area contributed by atoms with Gasteiger partial charge in [0.15, 0.2) is 0 Å². The number of piperidine rings is 2. The molecule has 4 aromatic carbocycles. The number of nitrogens with zero attached hydrogens (tertiary/aromatic N) is 2. The van der Waals surface area contributed by atoms with Gasteiger partial charge in [-0.25, -0.2) is 9.59 Å². The average molecular weight is 873 g/mol. The van der Waals surface area contributed by atoms with Crippen LogP contribution in [0.25, 0.3) is 0 Å². The van der Waals surface area contributed by atoms with E-state index in [0.717, 1.165) is 41.9 Å². The molecule has 2 fully saturated rings. The Labute approximate surface area is 367 Å². The van der Waals surface area contributed by atoms with E-state index in [1.165, 1.54) is 17.7 Å². The molecule has 0 spiro atoms. The number of nitrogens with one attached hydrogen (secondary N) is 4. The molecule has 2 aliphatic heterocycles. The fourth-order valence-electron chi connectivity index (χ4n) is 7.74. The Morgan fingerprint density at radius 3 is 1.67 bits per heavy atom. The van der Waals surface area contributed by atoms with Crippen molar-refractivity contribution in [2.24, 2.45) is 0 Å². The molecule has 6 amide bonds. The van der Waals surface area contributed by atoms with Crippen LogP contribution in [0, 0.1) is 13.8 Å². The van der Waals surface area contributed by atoms with E-state index in [1.54, 1.807) is 36.3 Å². The standard InChI is InChI=1S/C24H28F3N3O3.C24H31N3O3/c1-15(2)28-22(32)29-20-13-17(8-7-16(20)3)21(31)30-11-9-23(33,10-12-30)18-5-4-6-19(14-18)24(25,26)27;1-16(2)25-24(29)26-21-15-19(10-9-17(21)3)23(28)27-13-11-18(12-14-27)20-7-5-6-8-22(20)30-4/h4-8,13-15,33H,9-12H2,1-3H3,(H2,28,29,32);5-10,15-16,18H,11-14H2,1-4H3,(H2,25,26,29). The molecule has 2 aliphatic rings. The van der Waals surface area contributed by atoms with Crippen molar-refractivity contribution in [1.82, 2.24) is 20.4 Å². The van der Waals surface area contributed by atoms with Crippen LogP contribution in [0.4, 0.5) is 34.1 Å². The maximum absolute atomic E-state index is 13.1. The van der Waals surface area contributed by atoms with Gasteiger partial charge in [0, 0.05) is 60.8 Å². The van der Waals surface area contributed by atoms with Crippen LogP contribution in [-0.2, 0) is 11.8 Å². The predicted octanol–water partition coefficient (Wildman–Crippen LogP) is 9.22. The van der Waals surface area contributed by atoms with Gasteiger partial charge < -0.3 is 40.9 Å². The van der Waals surface area contributed by atoms with Gasteiger partial charge in [-0.05, 0) is 138 Å². The van der Waals surface area contributed by atoms with Crippen LogP contribution < -0.4 is 26.0 Å². The summed E-state index contributed by atoms with van der Waals surface area (Å²) < 4.78 is 44.7. The highest BCUT2D eigenvalue weighted by Gasteiger charge is 2.38. The summed E-state index contributed by atoms with van der Waals surface area (Å²) >= 11 is 0. The van der Waals surface area contributed by atoms with Crippen LogP contribution in [-0.4, -0.2) is 84.2 Å². The van der Waals surface area contributed by atoms with Crippen molar-refractivity contribution in [2.75, 3.05) is 43.9 Å². The van der Waals surface area contributed by atoms with Gasteiger partial charge in [-0.3, -0.25) is 9.59 Å². The lowest BCUT2D eigenvalue weighted by Gasteiger charge is -2.38. The highest BCUT2D eigenvalue weighted by atomic mass is 19.4. The Morgan fingerprint density at radius 2 is 1.19 bits per heavy atom. The van der Waals surface area contributed by atoms with Gasteiger partial charge in [0.2, 0.25) is 0 Å². The molecule has 12 nitrogen and oxygen atoms in total. The second kappa shape index (κ2) is 20.9. The number of carbonyl (C=O) groups excluding carboxylic acids is 4. The summed E-state index contributed by atoms with van der Waals surface area (Å²) in [6.07, 6.45) is -2.45. The lowest BCUT2D eigenvalue weighted by molar-refractivity contribution is -0.137. The molecule has 0 unspecified atom stereocenters. The van der Waals surface area contributed by atoms with Crippen LogP contribution in [0.3, 0.4) is 0 Å². The minimum atomic E-state index is -4.49. The van der Waals surface area contributed by atoms with Crippen LogP contribution >= 0.6 is 0 Å². The van der Waals surface area contributed by atoms with E-state index in [2.05, 4.69) is 27.3 Å². The fraction of sp³-hybridized carbons (Fsp3) is 0.417. The minimum Gasteiger partial charge on any atom is -0.496 e. The summed E-state index contributed by atoms with van der Waals surface area (Å²) in [7, 11) is 1.70. The molecule has 0 aromatic heterocycles. The summed E-state index contributed by atoms with van der Waals surface area (Å²) in [5.41, 5.74) is 3.01. The summed E-state index contributed by atoms with van der Waals surface area (Å²) in [6, 6.07) is 22.6. The van der Waals surface area contributed by atoms with Crippen molar-refractivity contribution in [3.05, 3.63) is 124 Å². The van der Waals surface area contributed by atoms with Gasteiger partial charge >= 0.3 is 18.2 Å². The highest BCUT2D eigenvalue weighted by molar-refractivity contribution is 5.98. The number of halogens is 3. The second-order valence-corrected chi connectivity index (χ2v) is 16.8. The number of hydrogen-bond acceptors (Lipinski definition) is 6. The third kappa shape index (κ3) is 12.7. The van der Waals surface area contributed by atoms with Gasteiger partial charge in [-0.1, -0.05) is 42.5 Å². The SMILES string of the molecule is COc1ccccc1C1CCN(C(=O)c2ccc(C)c(NC(=O)NC(C)C)c2)CC1.Cc1ccc(C(=O)N2CCC(O)(c3cccc(C(F)(F)F)c3)CC2)cc1NC(=O)NC(C)C. The van der Waals surface area contributed by atoms with E-state index in [9.17, 15) is 37.5 Å². The fourth-order valence-corrected chi connectivity index (χ4v) is 7.74. The average Bonchev–Trinajstić information content (AvgIpc) is 3.24. The van der Waals surface area contributed by atoms with E-state index in [-0.39, 0.29) is 67.5 Å². The van der Waals surface area contributed by atoms with E-state index in [4.69, 9.17) is 4.74 Å². The Morgan fingerprint density at radius 1 is 0.698 bits per heavy atom. The van der Waals surface area contributed by atoms with E-state index in [1.807, 2.05) is 76.8 Å². The van der Waals surface area contributed by atoms with Crippen molar-refractivity contribution in [2.45, 2.75) is 97.0 Å². The number of likely N-dealkylation sites (tertiary alicyclic amines) is 2. The first-order valence-electron chi connectivity index (χ1n) is 21.3. The van der Waals surface area contributed by atoms with Gasteiger partial charge in [0.05, 0.1) is 18.3 Å². The minimum absolute atomic E-state index is 0.000736. The molecule has 0 atom stereocenters. The summed E-state index contributed by atoms with van der Waals surface area (Å²) in [6.45, 7) is 13.0. The molecule has 4 aromatic rings. The molecule has 0 saturated carbocycles. The number of urea groups is 2. The Bertz CT molecular complexity index is 2250. The zero-order valence-corrected chi connectivity index (χ0v) is 37.0. The van der Waals surface area contributed by atoms with Crippen LogP contribution in [0.2, 0.25) is 0 Å². The van der Waals surface area contributed by atoms with Crippen molar-refractivity contribution in [1.29, 1.82) is 0 Å². The number of hydrogen-bond donors (Lipinski definition) is 5. The van der Waals surface area contributed by atoms with Crippen molar-refractivity contribution < 1.29 is 42.2 Å². The van der Waals surface area contributed by atoms with Crippen molar-refractivity contribution >= 4 is 35.3 Å². The number of alkyl halides is 3. The number of rotatable bonds is 9. The quantitative estimate of drug-likeness (QED) is 0.113. The molecule has 2 heterocycles. The molecular weight excluding hydrogens is 814 g/mol. The smallest absolute Gasteiger partial charge is 0.416 e. The number of amides is 6. The molecule has 0 bridgehead atoms. The zero-order chi connectivity index (χ0) is 46.1. The first-order valence-corrected chi connectivity index (χ1v) is 21.3. The normalized spacial score (nSPS) is 15.3. The van der Waals surface area contributed by atoms with Crippen molar-refractivity contribution in [3.8, 4) is 5.75 Å². The number of anilines is 2. The molecule has 2 saturated heterocycles. The van der Waals surface area contributed by atoms with Gasteiger partial charge in [0.1, 0.15) is 5.75 Å².